The number of likely N-dealkylation sites (tertiary alicyclic amines) is 1. The van der Waals surface area contributed by atoms with Crippen LogP contribution in [0.4, 0.5) is 0 Å². The Morgan fingerprint density at radius 2 is 2.42 bits per heavy atom. The SMILES string of the molecule is CCC(=O)C1CCC(=O)N1C=O. The molecule has 1 rings (SSSR count). The molecule has 1 heterocycles. The Kier molecular flexibility index (Phi) is 2.58. The molecule has 0 N–H and O–H groups in total. The molecular weight excluding hydrogens is 158 g/mol. The Labute approximate surface area is 70.5 Å². The molecule has 0 aromatic heterocycles. The van der Waals surface area contributed by atoms with Crippen LogP contribution < -0.4 is 0 Å². The van der Waals surface area contributed by atoms with Gasteiger partial charge in [-0.15, -0.1) is 0 Å². The topological polar surface area (TPSA) is 54.5 Å². The van der Waals surface area contributed by atoms with Gasteiger partial charge in [0.2, 0.25) is 12.3 Å². The number of carbonyl (C=O) groups is 3. The summed E-state index contributed by atoms with van der Waals surface area (Å²) in [6.07, 6.45) is 1.63. The summed E-state index contributed by atoms with van der Waals surface area (Å²) in [4.78, 5) is 33.6. The van der Waals surface area contributed by atoms with Gasteiger partial charge >= 0.3 is 0 Å². The minimum atomic E-state index is -0.486. The van der Waals surface area contributed by atoms with E-state index in [9.17, 15) is 14.4 Å². The van der Waals surface area contributed by atoms with Crippen molar-refractivity contribution in [3.8, 4) is 0 Å². The number of carbonyl (C=O) groups excluding carboxylic acids is 3. The summed E-state index contributed by atoms with van der Waals surface area (Å²) in [6.45, 7) is 1.73. The molecule has 0 aliphatic carbocycles. The molecule has 0 bridgehead atoms. The first kappa shape index (κ1) is 8.90. The van der Waals surface area contributed by atoms with Crippen LogP contribution in [0.5, 0.6) is 0 Å². The molecule has 4 nitrogen and oxygen atoms in total. The monoisotopic (exact) mass is 169 g/mol. The molecule has 1 aliphatic heterocycles. The van der Waals surface area contributed by atoms with Gasteiger partial charge in [-0.25, -0.2) is 0 Å². The summed E-state index contributed by atoms with van der Waals surface area (Å²) in [7, 11) is 0. The molecule has 1 aliphatic rings. The zero-order chi connectivity index (χ0) is 9.14. The zero-order valence-electron chi connectivity index (χ0n) is 6.95. The molecule has 1 atom stereocenters. The maximum atomic E-state index is 11.2. The highest BCUT2D eigenvalue weighted by Gasteiger charge is 2.34. The van der Waals surface area contributed by atoms with Crippen molar-refractivity contribution in [2.45, 2.75) is 32.2 Å². The number of rotatable bonds is 3. The molecule has 0 aromatic carbocycles. The smallest absolute Gasteiger partial charge is 0.229 e. The number of amides is 2. The standard InChI is InChI=1S/C8H11NO3/c1-2-7(11)6-3-4-8(12)9(6)5-10/h5-6H,2-4H2,1H3. The third kappa shape index (κ3) is 1.37. The summed E-state index contributed by atoms with van der Waals surface area (Å²) >= 11 is 0. The van der Waals surface area contributed by atoms with Gasteiger partial charge in [0.15, 0.2) is 5.78 Å². The van der Waals surface area contributed by atoms with E-state index in [0.29, 0.717) is 25.7 Å². The lowest BCUT2D eigenvalue weighted by Crippen LogP contribution is -2.37. The van der Waals surface area contributed by atoms with Gasteiger partial charge in [0.25, 0.3) is 0 Å². The fourth-order valence-corrected chi connectivity index (χ4v) is 1.39. The normalized spacial score (nSPS) is 22.9. The van der Waals surface area contributed by atoms with Crippen molar-refractivity contribution in [1.82, 2.24) is 4.90 Å². The predicted molar refractivity (Wildman–Crippen MR) is 41.2 cm³/mol. The Morgan fingerprint density at radius 1 is 1.75 bits per heavy atom. The molecule has 1 fully saturated rings. The maximum Gasteiger partial charge on any atom is 0.229 e. The second-order valence-corrected chi connectivity index (χ2v) is 2.78. The van der Waals surface area contributed by atoms with Gasteiger partial charge < -0.3 is 0 Å². The van der Waals surface area contributed by atoms with Gasteiger partial charge in [0.1, 0.15) is 0 Å². The average molecular weight is 169 g/mol. The Bertz CT molecular complexity index is 224. The molecule has 0 spiro atoms. The first-order chi connectivity index (χ1) is 5.70. The second kappa shape index (κ2) is 3.47. The molecule has 0 aromatic rings. The van der Waals surface area contributed by atoms with Crippen LogP contribution in [0.25, 0.3) is 0 Å². The molecular formula is C8H11NO3. The number of Topliss-reactive ketones (excluding diaryl/α,β-unsaturated/α-hetero) is 1. The number of hydrogen-bond acceptors (Lipinski definition) is 3. The summed E-state index contributed by atoms with van der Waals surface area (Å²) in [5.41, 5.74) is 0. The van der Waals surface area contributed by atoms with Gasteiger partial charge in [0.05, 0.1) is 6.04 Å². The van der Waals surface area contributed by atoms with E-state index in [4.69, 9.17) is 0 Å². The summed E-state index contributed by atoms with van der Waals surface area (Å²) in [6, 6.07) is -0.486. The van der Waals surface area contributed by atoms with Gasteiger partial charge in [0, 0.05) is 12.8 Å². The first-order valence-corrected chi connectivity index (χ1v) is 4.00. The number of imide groups is 1. The van der Waals surface area contributed by atoms with Crippen molar-refractivity contribution in [3.05, 3.63) is 0 Å². The van der Waals surface area contributed by atoms with E-state index in [1.165, 1.54) is 0 Å². The van der Waals surface area contributed by atoms with Crippen LogP contribution in [0.15, 0.2) is 0 Å². The van der Waals surface area contributed by atoms with Gasteiger partial charge in [-0.1, -0.05) is 6.92 Å². The Morgan fingerprint density at radius 3 is 2.92 bits per heavy atom. The summed E-state index contributed by atoms with van der Waals surface area (Å²) < 4.78 is 0. The van der Waals surface area contributed by atoms with Crippen molar-refractivity contribution in [3.63, 3.8) is 0 Å². The molecule has 1 saturated heterocycles. The van der Waals surface area contributed by atoms with E-state index in [2.05, 4.69) is 0 Å². The van der Waals surface area contributed by atoms with Crippen molar-refractivity contribution in [2.24, 2.45) is 0 Å². The lowest BCUT2D eigenvalue weighted by atomic mass is 10.1. The van der Waals surface area contributed by atoms with Crippen LogP contribution in [0, 0.1) is 0 Å². The third-order valence-electron chi connectivity index (χ3n) is 2.09. The third-order valence-corrected chi connectivity index (χ3v) is 2.09. The van der Waals surface area contributed by atoms with Gasteiger partial charge in [-0.3, -0.25) is 19.3 Å². The van der Waals surface area contributed by atoms with E-state index in [0.717, 1.165) is 4.90 Å². The molecule has 0 radical (unpaired) electrons. The van der Waals surface area contributed by atoms with Crippen LogP contribution in [0.2, 0.25) is 0 Å². The lowest BCUT2D eigenvalue weighted by molar-refractivity contribution is -0.140. The molecule has 12 heavy (non-hydrogen) atoms. The molecule has 4 heteroatoms. The number of nitrogens with zero attached hydrogens (tertiary/aromatic N) is 1. The number of hydrogen-bond donors (Lipinski definition) is 0. The molecule has 2 amide bonds. The highest BCUT2D eigenvalue weighted by Crippen LogP contribution is 2.18. The summed E-state index contributed by atoms with van der Waals surface area (Å²) in [5, 5.41) is 0. The predicted octanol–water partition coefficient (Wildman–Crippen LogP) is 0.113. The molecule has 0 saturated carbocycles. The van der Waals surface area contributed by atoms with E-state index in [-0.39, 0.29) is 11.7 Å². The van der Waals surface area contributed by atoms with Gasteiger partial charge in [-0.05, 0) is 6.42 Å². The van der Waals surface area contributed by atoms with Crippen molar-refractivity contribution in [1.29, 1.82) is 0 Å². The average Bonchev–Trinajstić information content (AvgIpc) is 2.45. The Hall–Kier alpha value is -1.19. The second-order valence-electron chi connectivity index (χ2n) is 2.78. The molecule has 66 valence electrons. The van der Waals surface area contributed by atoms with Crippen molar-refractivity contribution in [2.75, 3.05) is 0 Å². The highest BCUT2D eigenvalue weighted by molar-refractivity contribution is 5.97. The lowest BCUT2D eigenvalue weighted by Gasteiger charge is -2.15. The van der Waals surface area contributed by atoms with Crippen LogP contribution in [-0.4, -0.2) is 29.0 Å². The van der Waals surface area contributed by atoms with E-state index >= 15 is 0 Å². The first-order valence-electron chi connectivity index (χ1n) is 4.00. The fraction of sp³-hybridized carbons (Fsp3) is 0.625. The Balaban J connectivity index is 2.72. The molecule has 1 unspecified atom stereocenters. The minimum absolute atomic E-state index is 0.0343. The maximum absolute atomic E-state index is 11.2. The largest absolute Gasteiger partial charge is 0.297 e. The van der Waals surface area contributed by atoms with Crippen LogP contribution in [-0.2, 0) is 14.4 Å². The van der Waals surface area contributed by atoms with Crippen LogP contribution >= 0.6 is 0 Å². The van der Waals surface area contributed by atoms with Gasteiger partial charge in [-0.2, -0.15) is 0 Å². The zero-order valence-corrected chi connectivity index (χ0v) is 6.95. The number of ketones is 1. The quantitative estimate of drug-likeness (QED) is 0.563. The minimum Gasteiger partial charge on any atom is -0.297 e. The fourth-order valence-electron chi connectivity index (χ4n) is 1.39. The van der Waals surface area contributed by atoms with Crippen molar-refractivity contribution < 1.29 is 14.4 Å². The van der Waals surface area contributed by atoms with E-state index in [1.807, 2.05) is 0 Å². The van der Waals surface area contributed by atoms with Crippen molar-refractivity contribution >= 4 is 18.1 Å². The summed E-state index contributed by atoms with van der Waals surface area (Å²) in [5.74, 6) is -0.273. The van der Waals surface area contributed by atoms with E-state index < -0.39 is 6.04 Å². The van der Waals surface area contributed by atoms with E-state index in [1.54, 1.807) is 6.92 Å². The van der Waals surface area contributed by atoms with Crippen LogP contribution in [0.3, 0.4) is 0 Å². The highest BCUT2D eigenvalue weighted by atomic mass is 16.2. The van der Waals surface area contributed by atoms with Crippen LogP contribution in [0.1, 0.15) is 26.2 Å².